The van der Waals surface area contributed by atoms with Gasteiger partial charge in [-0.1, -0.05) is 6.07 Å². The van der Waals surface area contributed by atoms with Crippen molar-refractivity contribution in [2.24, 2.45) is 0 Å². The summed E-state index contributed by atoms with van der Waals surface area (Å²) in [5, 5.41) is 12.6. The average Bonchev–Trinajstić information content (AvgIpc) is 3.39. The molecule has 0 radical (unpaired) electrons. The lowest BCUT2D eigenvalue weighted by Gasteiger charge is -2.14. The fourth-order valence-corrected chi connectivity index (χ4v) is 3.97. The number of fused-ring (bicyclic) bond motifs is 3. The van der Waals surface area contributed by atoms with Gasteiger partial charge < -0.3 is 15.4 Å². The number of ether oxygens (including phenoxy) is 1. The number of methoxy groups -OCH3 is 1. The summed E-state index contributed by atoms with van der Waals surface area (Å²) < 4.78 is 8.00. The van der Waals surface area contributed by atoms with E-state index in [1.165, 1.54) is 0 Å². The number of anilines is 1. The van der Waals surface area contributed by atoms with E-state index in [4.69, 9.17) is 19.8 Å². The van der Waals surface area contributed by atoms with Gasteiger partial charge in [0.2, 0.25) is 5.95 Å². The quantitative estimate of drug-likeness (QED) is 0.507. The number of hydrogen-bond acceptors (Lipinski definition) is 6. The molecule has 0 spiro atoms. The lowest BCUT2D eigenvalue weighted by atomic mass is 10.2. The van der Waals surface area contributed by atoms with Crippen molar-refractivity contribution in [3.63, 3.8) is 0 Å². The maximum absolute atomic E-state index is 5.25. The molecule has 1 aliphatic heterocycles. The highest BCUT2D eigenvalue weighted by molar-refractivity contribution is 9.10. The number of aromatic nitrogens is 4. The number of hydrogen-bond donors (Lipinski definition) is 2. The second kappa shape index (κ2) is 7.03. The van der Waals surface area contributed by atoms with Crippen molar-refractivity contribution in [2.45, 2.75) is 12.5 Å². The first-order valence-electron chi connectivity index (χ1n) is 9.19. The van der Waals surface area contributed by atoms with Gasteiger partial charge in [0.15, 0.2) is 11.5 Å². The molecule has 0 amide bonds. The van der Waals surface area contributed by atoms with E-state index in [1.807, 2.05) is 47.0 Å². The molecule has 0 saturated carbocycles. The van der Waals surface area contributed by atoms with Crippen LogP contribution in [-0.4, -0.2) is 45.8 Å². The molecule has 5 rings (SSSR count). The number of nitrogens with zero attached hydrogens (tertiary/aromatic N) is 4. The molecule has 4 aromatic rings. The highest BCUT2D eigenvalue weighted by Gasteiger charge is 2.20. The monoisotopic (exact) mass is 438 g/mol. The normalized spacial score (nSPS) is 16.7. The summed E-state index contributed by atoms with van der Waals surface area (Å²) in [6.45, 7) is 1.92. The fraction of sp³-hybridized carbons (Fsp3) is 0.250. The molecule has 8 heteroatoms. The van der Waals surface area contributed by atoms with Crippen molar-refractivity contribution < 1.29 is 4.74 Å². The van der Waals surface area contributed by atoms with Gasteiger partial charge in [0.05, 0.1) is 12.6 Å². The summed E-state index contributed by atoms with van der Waals surface area (Å²) in [6, 6.07) is 14.1. The Kier molecular flexibility index (Phi) is 4.37. The molecule has 3 heterocycles. The van der Waals surface area contributed by atoms with Gasteiger partial charge in [0.25, 0.3) is 0 Å². The second-order valence-corrected chi connectivity index (χ2v) is 7.66. The van der Waals surface area contributed by atoms with Crippen LogP contribution in [-0.2, 0) is 0 Å². The van der Waals surface area contributed by atoms with Crippen molar-refractivity contribution in [2.75, 3.05) is 25.5 Å². The predicted molar refractivity (Wildman–Crippen MR) is 113 cm³/mol. The van der Waals surface area contributed by atoms with Gasteiger partial charge in [-0.25, -0.2) is 9.97 Å². The van der Waals surface area contributed by atoms with E-state index < -0.39 is 0 Å². The maximum atomic E-state index is 5.25. The molecule has 2 N–H and O–H groups in total. The third kappa shape index (κ3) is 2.98. The van der Waals surface area contributed by atoms with Crippen LogP contribution in [0.2, 0.25) is 0 Å². The predicted octanol–water partition coefficient (Wildman–Crippen LogP) is 3.49. The summed E-state index contributed by atoms with van der Waals surface area (Å²) in [5.41, 5.74) is 2.59. The molecule has 2 aromatic heterocycles. The van der Waals surface area contributed by atoms with E-state index in [1.54, 1.807) is 7.11 Å². The fourth-order valence-electron chi connectivity index (χ4n) is 3.51. The topological polar surface area (TPSA) is 76.4 Å². The Morgan fingerprint density at radius 3 is 2.79 bits per heavy atom. The lowest BCUT2D eigenvalue weighted by molar-refractivity contribution is 0.415. The van der Waals surface area contributed by atoms with E-state index in [2.05, 4.69) is 26.6 Å². The Morgan fingerprint density at radius 1 is 1.18 bits per heavy atom. The number of nitrogens with one attached hydrogen (secondary N) is 2. The number of rotatable bonds is 4. The highest BCUT2D eigenvalue weighted by Crippen LogP contribution is 2.29. The van der Waals surface area contributed by atoms with Crippen molar-refractivity contribution >= 4 is 38.4 Å². The van der Waals surface area contributed by atoms with Crippen molar-refractivity contribution in [1.29, 1.82) is 0 Å². The largest absolute Gasteiger partial charge is 0.497 e. The highest BCUT2D eigenvalue weighted by atomic mass is 79.9. The first-order chi connectivity index (χ1) is 13.7. The first-order valence-corrected chi connectivity index (χ1v) is 9.99. The van der Waals surface area contributed by atoms with Crippen LogP contribution in [0.15, 0.2) is 46.9 Å². The van der Waals surface area contributed by atoms with E-state index in [-0.39, 0.29) is 0 Å². The number of para-hydroxylation sites is 1. The van der Waals surface area contributed by atoms with Crippen LogP contribution < -0.4 is 15.4 Å². The molecule has 2 aromatic carbocycles. The molecular formula is C20H19BrN6O. The average molecular weight is 439 g/mol. The van der Waals surface area contributed by atoms with Gasteiger partial charge in [-0.3, -0.25) is 0 Å². The molecule has 1 aliphatic rings. The van der Waals surface area contributed by atoms with E-state index in [0.717, 1.165) is 51.8 Å². The van der Waals surface area contributed by atoms with Crippen LogP contribution in [0, 0.1) is 0 Å². The molecule has 0 bridgehead atoms. The van der Waals surface area contributed by atoms with E-state index >= 15 is 0 Å². The SMILES string of the molecule is COc1ccc(-c2nc3c4cccc(Br)c4nc(N[C@@H]4CCNC4)n3n2)cc1. The maximum Gasteiger partial charge on any atom is 0.226 e. The van der Waals surface area contributed by atoms with Crippen LogP contribution in [0.1, 0.15) is 6.42 Å². The summed E-state index contributed by atoms with van der Waals surface area (Å²) in [4.78, 5) is 9.69. The first kappa shape index (κ1) is 17.4. The summed E-state index contributed by atoms with van der Waals surface area (Å²) in [5.74, 6) is 2.17. The smallest absolute Gasteiger partial charge is 0.226 e. The molecule has 7 nitrogen and oxygen atoms in total. The minimum Gasteiger partial charge on any atom is -0.497 e. The molecule has 1 atom stereocenters. The standard InChI is InChI=1S/C20H19BrN6O/c1-28-14-7-5-12(6-8-14)18-25-19-15-3-2-4-16(21)17(15)24-20(27(19)26-18)23-13-9-10-22-11-13/h2-8,13,22H,9-11H2,1H3,(H,23,24)/t13-/m1/s1. The minimum atomic E-state index is 0.323. The molecule has 0 aliphatic carbocycles. The third-order valence-electron chi connectivity index (χ3n) is 4.99. The van der Waals surface area contributed by atoms with Gasteiger partial charge in [-0.2, -0.15) is 4.52 Å². The number of halogens is 1. The van der Waals surface area contributed by atoms with Crippen molar-refractivity contribution in [3.8, 4) is 17.1 Å². The molecule has 28 heavy (non-hydrogen) atoms. The van der Waals surface area contributed by atoms with Crippen LogP contribution in [0.5, 0.6) is 5.75 Å². The zero-order valence-electron chi connectivity index (χ0n) is 15.3. The van der Waals surface area contributed by atoms with Gasteiger partial charge in [-0.15, -0.1) is 5.10 Å². The number of benzene rings is 2. The Labute approximate surface area is 170 Å². The van der Waals surface area contributed by atoms with Gasteiger partial charge in [0.1, 0.15) is 5.75 Å². The second-order valence-electron chi connectivity index (χ2n) is 6.80. The van der Waals surface area contributed by atoms with Crippen molar-refractivity contribution in [1.82, 2.24) is 24.9 Å². The van der Waals surface area contributed by atoms with Crippen LogP contribution >= 0.6 is 15.9 Å². The van der Waals surface area contributed by atoms with E-state index in [0.29, 0.717) is 17.8 Å². The Morgan fingerprint density at radius 2 is 2.04 bits per heavy atom. The van der Waals surface area contributed by atoms with Crippen LogP contribution in [0.25, 0.3) is 27.9 Å². The summed E-state index contributed by atoms with van der Waals surface area (Å²) >= 11 is 3.62. The zero-order chi connectivity index (χ0) is 19.1. The Bertz CT molecular complexity index is 1150. The third-order valence-corrected chi connectivity index (χ3v) is 5.63. The minimum absolute atomic E-state index is 0.323. The molecular weight excluding hydrogens is 420 g/mol. The van der Waals surface area contributed by atoms with E-state index in [9.17, 15) is 0 Å². The van der Waals surface area contributed by atoms with Crippen LogP contribution in [0.4, 0.5) is 5.95 Å². The van der Waals surface area contributed by atoms with Gasteiger partial charge >= 0.3 is 0 Å². The lowest BCUT2D eigenvalue weighted by Crippen LogP contribution is -2.24. The molecule has 1 fully saturated rings. The summed E-state index contributed by atoms with van der Waals surface area (Å²) in [6.07, 6.45) is 1.05. The van der Waals surface area contributed by atoms with Gasteiger partial charge in [0, 0.05) is 28.0 Å². The van der Waals surface area contributed by atoms with Gasteiger partial charge in [-0.05, 0) is 65.3 Å². The molecule has 1 saturated heterocycles. The van der Waals surface area contributed by atoms with Crippen molar-refractivity contribution in [3.05, 3.63) is 46.9 Å². The Balaban J connectivity index is 1.69. The summed E-state index contributed by atoms with van der Waals surface area (Å²) in [7, 11) is 1.66. The van der Waals surface area contributed by atoms with Crippen LogP contribution in [0.3, 0.4) is 0 Å². The zero-order valence-corrected chi connectivity index (χ0v) is 16.9. The Hall–Kier alpha value is -2.71. The molecule has 0 unspecified atom stereocenters. The molecule has 142 valence electrons.